The van der Waals surface area contributed by atoms with Gasteiger partial charge in [-0.05, 0) is 69.0 Å². The molecule has 1 aromatic carbocycles. The number of aromatic nitrogens is 1. The second-order valence-electron chi connectivity index (χ2n) is 7.28. The first-order chi connectivity index (χ1) is 13.9. The molecule has 1 aliphatic rings. The molecule has 156 valence electrons. The lowest BCUT2D eigenvalue weighted by molar-refractivity contribution is 0.0506. The maximum atomic E-state index is 13.3. The van der Waals surface area contributed by atoms with E-state index in [0.717, 1.165) is 29.7 Å². The van der Waals surface area contributed by atoms with Gasteiger partial charge in [0, 0.05) is 31.0 Å². The fourth-order valence-electron chi connectivity index (χ4n) is 3.65. The fraction of sp³-hybridized carbons (Fsp3) is 0.455. The first-order valence-electron chi connectivity index (χ1n) is 9.92. The van der Waals surface area contributed by atoms with Crippen LogP contribution in [0.1, 0.15) is 57.4 Å². The smallest absolute Gasteiger partial charge is 0.355 e. The van der Waals surface area contributed by atoms with Crippen LogP contribution in [0.3, 0.4) is 0 Å². The van der Waals surface area contributed by atoms with E-state index in [4.69, 9.17) is 9.47 Å². The van der Waals surface area contributed by atoms with Crippen molar-refractivity contribution in [3.05, 3.63) is 58.2 Å². The Morgan fingerprint density at radius 3 is 2.62 bits per heavy atom. The van der Waals surface area contributed by atoms with E-state index in [1.54, 1.807) is 11.8 Å². The predicted molar refractivity (Wildman–Crippen MR) is 106 cm³/mol. The standard InChI is InChI=1S/C22H27FN2O4/c1-4-28-22(27)20-14(2)19(15(3)24-20)13-25(12-18-6-5-11-29-18)21(26)16-7-9-17(23)10-8-16/h7-10,18,24H,4-6,11-13H2,1-3H3. The minimum Gasteiger partial charge on any atom is -0.461 e. The number of H-pyrrole nitrogens is 1. The van der Waals surface area contributed by atoms with E-state index >= 15 is 0 Å². The van der Waals surface area contributed by atoms with Crippen molar-refractivity contribution in [2.75, 3.05) is 19.8 Å². The minimum atomic E-state index is -0.408. The average Bonchev–Trinajstić information content (AvgIpc) is 3.31. The summed E-state index contributed by atoms with van der Waals surface area (Å²) in [6.07, 6.45) is 1.84. The lowest BCUT2D eigenvalue weighted by atomic mass is 10.1. The highest BCUT2D eigenvalue weighted by molar-refractivity contribution is 5.94. The van der Waals surface area contributed by atoms with Gasteiger partial charge >= 0.3 is 5.97 Å². The lowest BCUT2D eigenvalue weighted by Crippen LogP contribution is -2.37. The summed E-state index contributed by atoms with van der Waals surface area (Å²) in [5, 5.41) is 0. The summed E-state index contributed by atoms with van der Waals surface area (Å²) in [7, 11) is 0. The van der Waals surface area contributed by atoms with Crippen molar-refractivity contribution in [2.24, 2.45) is 0 Å². The van der Waals surface area contributed by atoms with Gasteiger partial charge in [0.1, 0.15) is 11.5 Å². The van der Waals surface area contributed by atoms with Crippen LogP contribution in [-0.2, 0) is 16.0 Å². The molecule has 1 N–H and O–H groups in total. The Morgan fingerprint density at radius 2 is 2.00 bits per heavy atom. The van der Waals surface area contributed by atoms with Gasteiger partial charge in [0.05, 0.1) is 12.7 Å². The highest BCUT2D eigenvalue weighted by Gasteiger charge is 2.26. The third kappa shape index (κ3) is 4.85. The van der Waals surface area contributed by atoms with Crippen LogP contribution in [0.4, 0.5) is 4.39 Å². The number of hydrogen-bond donors (Lipinski definition) is 1. The van der Waals surface area contributed by atoms with Crippen molar-refractivity contribution in [1.82, 2.24) is 9.88 Å². The molecule has 2 aromatic rings. The van der Waals surface area contributed by atoms with Gasteiger partial charge in [-0.2, -0.15) is 0 Å². The van der Waals surface area contributed by atoms with Crippen LogP contribution in [0, 0.1) is 19.7 Å². The summed E-state index contributed by atoms with van der Waals surface area (Å²) in [6.45, 7) is 7.22. The maximum absolute atomic E-state index is 13.3. The summed E-state index contributed by atoms with van der Waals surface area (Å²) >= 11 is 0. The van der Waals surface area contributed by atoms with Crippen molar-refractivity contribution in [2.45, 2.75) is 46.3 Å². The van der Waals surface area contributed by atoms with Crippen molar-refractivity contribution in [3.8, 4) is 0 Å². The van der Waals surface area contributed by atoms with Crippen LogP contribution >= 0.6 is 0 Å². The van der Waals surface area contributed by atoms with Gasteiger partial charge in [0.25, 0.3) is 5.91 Å². The van der Waals surface area contributed by atoms with Gasteiger partial charge in [0.2, 0.25) is 0 Å². The Hall–Kier alpha value is -2.67. The number of ether oxygens (including phenoxy) is 2. The normalized spacial score (nSPS) is 16.1. The van der Waals surface area contributed by atoms with Crippen LogP contribution in [0.5, 0.6) is 0 Å². The van der Waals surface area contributed by atoms with Crippen molar-refractivity contribution in [1.29, 1.82) is 0 Å². The Kier molecular flexibility index (Phi) is 6.69. The van der Waals surface area contributed by atoms with Crippen LogP contribution in [0.15, 0.2) is 24.3 Å². The number of hydrogen-bond acceptors (Lipinski definition) is 4. The first kappa shape index (κ1) is 21.0. The van der Waals surface area contributed by atoms with Crippen LogP contribution in [0.25, 0.3) is 0 Å². The zero-order chi connectivity index (χ0) is 21.0. The predicted octanol–water partition coefficient (Wildman–Crippen LogP) is 3.77. The Bertz CT molecular complexity index is 870. The molecule has 3 rings (SSSR count). The monoisotopic (exact) mass is 402 g/mol. The molecule has 0 bridgehead atoms. The van der Waals surface area contributed by atoms with Gasteiger partial charge in [-0.3, -0.25) is 4.79 Å². The molecular weight excluding hydrogens is 375 g/mol. The van der Waals surface area contributed by atoms with E-state index in [1.165, 1.54) is 24.3 Å². The summed E-state index contributed by atoms with van der Waals surface area (Å²) in [4.78, 5) is 30.2. The molecular formula is C22H27FN2O4. The molecule has 29 heavy (non-hydrogen) atoms. The molecule has 1 aliphatic heterocycles. The van der Waals surface area contributed by atoms with Crippen molar-refractivity contribution < 1.29 is 23.5 Å². The number of aromatic amines is 1. The molecule has 1 aromatic heterocycles. The van der Waals surface area contributed by atoms with Crippen LogP contribution in [-0.4, -0.2) is 47.6 Å². The summed E-state index contributed by atoms with van der Waals surface area (Å²) < 4.78 is 24.1. The fourth-order valence-corrected chi connectivity index (χ4v) is 3.65. The number of carbonyl (C=O) groups is 2. The molecule has 2 heterocycles. The largest absolute Gasteiger partial charge is 0.461 e. The van der Waals surface area contributed by atoms with Gasteiger partial charge < -0.3 is 19.4 Å². The number of esters is 1. The Balaban J connectivity index is 1.87. The number of nitrogens with one attached hydrogen (secondary N) is 1. The van der Waals surface area contributed by atoms with Gasteiger partial charge in [0.15, 0.2) is 0 Å². The van der Waals surface area contributed by atoms with Gasteiger partial charge in [-0.15, -0.1) is 0 Å². The molecule has 1 saturated heterocycles. The van der Waals surface area contributed by atoms with Crippen LogP contribution < -0.4 is 0 Å². The number of halogens is 1. The molecule has 1 atom stereocenters. The molecule has 0 radical (unpaired) electrons. The van der Waals surface area contributed by atoms with E-state index in [1.807, 2.05) is 13.8 Å². The SMILES string of the molecule is CCOC(=O)c1[nH]c(C)c(CN(CC2CCCO2)C(=O)c2ccc(F)cc2)c1C. The number of benzene rings is 1. The van der Waals surface area contributed by atoms with E-state index in [-0.39, 0.29) is 17.8 Å². The first-order valence-corrected chi connectivity index (χ1v) is 9.92. The molecule has 0 spiro atoms. The highest BCUT2D eigenvalue weighted by atomic mass is 19.1. The minimum absolute atomic E-state index is 0.0246. The Morgan fingerprint density at radius 1 is 1.28 bits per heavy atom. The number of rotatable bonds is 7. The van der Waals surface area contributed by atoms with Crippen molar-refractivity contribution >= 4 is 11.9 Å². The lowest BCUT2D eigenvalue weighted by Gasteiger charge is -2.26. The van der Waals surface area contributed by atoms with E-state index in [9.17, 15) is 14.0 Å². The number of aryl methyl sites for hydroxylation is 1. The highest BCUT2D eigenvalue weighted by Crippen LogP contribution is 2.23. The molecule has 1 fully saturated rings. The Labute approximate surface area is 170 Å². The number of nitrogens with zero attached hydrogens (tertiary/aromatic N) is 1. The summed E-state index contributed by atoms with van der Waals surface area (Å²) in [5.41, 5.74) is 3.29. The number of amides is 1. The average molecular weight is 402 g/mol. The van der Waals surface area contributed by atoms with E-state index in [0.29, 0.717) is 37.6 Å². The third-order valence-electron chi connectivity index (χ3n) is 5.25. The van der Waals surface area contributed by atoms with E-state index in [2.05, 4.69) is 4.98 Å². The summed E-state index contributed by atoms with van der Waals surface area (Å²) in [5.74, 6) is -0.989. The maximum Gasteiger partial charge on any atom is 0.355 e. The topological polar surface area (TPSA) is 71.6 Å². The molecule has 0 aliphatic carbocycles. The van der Waals surface area contributed by atoms with Crippen molar-refractivity contribution in [3.63, 3.8) is 0 Å². The van der Waals surface area contributed by atoms with Gasteiger partial charge in [-0.1, -0.05) is 0 Å². The quantitative estimate of drug-likeness (QED) is 0.716. The zero-order valence-corrected chi connectivity index (χ0v) is 17.1. The molecule has 6 nitrogen and oxygen atoms in total. The summed E-state index contributed by atoms with van der Waals surface area (Å²) in [6, 6.07) is 5.54. The second-order valence-corrected chi connectivity index (χ2v) is 7.28. The molecule has 1 amide bonds. The number of carbonyl (C=O) groups excluding carboxylic acids is 2. The van der Waals surface area contributed by atoms with Crippen LogP contribution in [0.2, 0.25) is 0 Å². The molecule has 7 heteroatoms. The molecule has 0 saturated carbocycles. The second kappa shape index (κ2) is 9.22. The molecule has 1 unspecified atom stereocenters. The van der Waals surface area contributed by atoms with E-state index < -0.39 is 5.97 Å². The zero-order valence-electron chi connectivity index (χ0n) is 17.1. The third-order valence-corrected chi connectivity index (χ3v) is 5.25. The van der Waals surface area contributed by atoms with Gasteiger partial charge in [-0.25, -0.2) is 9.18 Å².